The van der Waals surface area contributed by atoms with Crippen LogP contribution in [0, 0.1) is 11.8 Å². The molecule has 0 saturated heterocycles. The average molecular weight is 1370 g/mol. The molecule has 0 aliphatic rings. The Bertz CT molecular complexity index is 1810. The first-order valence-corrected chi connectivity index (χ1v) is 41.5. The Morgan fingerprint density at radius 1 is 0.312 bits per heavy atom. The molecule has 0 saturated carbocycles. The highest BCUT2D eigenvalue weighted by Gasteiger charge is 2.30. The number of aliphatic hydroxyl groups excluding tert-OH is 1. The van der Waals surface area contributed by atoms with Gasteiger partial charge in [-0.05, 0) is 37.5 Å². The number of phosphoric acid groups is 2. The minimum atomic E-state index is -4.95. The molecule has 552 valence electrons. The van der Waals surface area contributed by atoms with Crippen LogP contribution in [0.2, 0.25) is 0 Å². The van der Waals surface area contributed by atoms with Gasteiger partial charge < -0.3 is 33.8 Å². The predicted octanol–water partition coefficient (Wildman–Crippen LogP) is 21.6. The van der Waals surface area contributed by atoms with Crippen molar-refractivity contribution in [3.8, 4) is 0 Å². The molecular weight excluding hydrogens is 1220 g/mol. The molecule has 0 rings (SSSR count). The van der Waals surface area contributed by atoms with Crippen LogP contribution in [0.25, 0.3) is 0 Å². The van der Waals surface area contributed by atoms with Crippen LogP contribution in [0.15, 0.2) is 0 Å². The molecule has 0 radical (unpaired) electrons. The lowest BCUT2D eigenvalue weighted by Crippen LogP contribution is -2.30. The summed E-state index contributed by atoms with van der Waals surface area (Å²) >= 11 is 0. The van der Waals surface area contributed by atoms with Crippen LogP contribution in [0.3, 0.4) is 0 Å². The number of hydrogen-bond acceptors (Lipinski definition) is 15. The average Bonchev–Trinajstić information content (AvgIpc) is 2.01. The van der Waals surface area contributed by atoms with Crippen molar-refractivity contribution in [2.45, 2.75) is 400 Å². The van der Waals surface area contributed by atoms with Crippen molar-refractivity contribution < 1.29 is 80.2 Å². The van der Waals surface area contributed by atoms with Gasteiger partial charge in [0.25, 0.3) is 0 Å². The van der Waals surface area contributed by atoms with Gasteiger partial charge in [0.15, 0.2) is 12.2 Å². The summed E-state index contributed by atoms with van der Waals surface area (Å²) in [6.07, 6.45) is 53.1. The minimum absolute atomic E-state index is 0.107. The smallest absolute Gasteiger partial charge is 0.462 e. The maximum atomic E-state index is 13.1. The SMILES string of the molecule is CCCCCCCCCCCCCCCC(=O)O[C@H](COC(=O)CCCCCCC)COP(=O)(O)OC[C@H](O)COP(=O)(O)OC[C@@H](COC(=O)CCCCCCCCCCCCC(C)CC)OC(=O)CCCCCCCCCCCCCCCCCCCCC(C)C. The van der Waals surface area contributed by atoms with E-state index in [4.69, 9.17) is 37.0 Å². The molecule has 0 aliphatic carbocycles. The standard InChI is InChI=1S/C74H144O17P2/c1-7-10-12-14-15-16-17-24-28-35-40-46-52-58-73(78)90-69(62-84-71(76)56-50-42-13-11-8-2)64-88-92(80,81)86-60-68(75)61-87-93(82,83)89-65-70(63-85-72(77)57-51-45-39-34-31-30-33-38-44-49-55-67(6)9-3)91-74(79)59-53-47-41-36-29-26-23-21-19-18-20-22-25-27-32-37-43-48-54-66(4)5/h66-70,75H,7-65H2,1-6H3,(H,80,81)(H,82,83)/t67?,68-,69+,70+/m0/s1. The second kappa shape index (κ2) is 66.0. The van der Waals surface area contributed by atoms with Gasteiger partial charge in [-0.1, -0.05) is 330 Å². The summed E-state index contributed by atoms with van der Waals surface area (Å²) in [6.45, 7) is 9.56. The molecule has 19 heteroatoms. The fraction of sp³-hybridized carbons (Fsp3) is 0.946. The molecule has 17 nitrogen and oxygen atoms in total. The highest BCUT2D eigenvalue weighted by molar-refractivity contribution is 7.47. The zero-order chi connectivity index (χ0) is 68.6. The first-order valence-electron chi connectivity index (χ1n) is 38.5. The van der Waals surface area contributed by atoms with Crippen LogP contribution >= 0.6 is 15.6 Å². The topological polar surface area (TPSA) is 237 Å². The van der Waals surface area contributed by atoms with Crippen molar-refractivity contribution in [2.75, 3.05) is 39.6 Å². The van der Waals surface area contributed by atoms with Crippen molar-refractivity contribution in [2.24, 2.45) is 11.8 Å². The van der Waals surface area contributed by atoms with Crippen LogP contribution in [0.4, 0.5) is 0 Å². The molecule has 6 atom stereocenters. The molecule has 0 aliphatic heterocycles. The number of aliphatic hydroxyl groups is 1. The van der Waals surface area contributed by atoms with Crippen molar-refractivity contribution in [3.05, 3.63) is 0 Å². The molecule has 0 amide bonds. The third kappa shape index (κ3) is 67.0. The highest BCUT2D eigenvalue weighted by atomic mass is 31.2. The van der Waals surface area contributed by atoms with Crippen LogP contribution in [0.1, 0.15) is 382 Å². The Balaban J connectivity index is 5.12. The number of carbonyl (C=O) groups excluding carboxylic acids is 4. The van der Waals surface area contributed by atoms with E-state index in [2.05, 4.69) is 41.5 Å². The van der Waals surface area contributed by atoms with Gasteiger partial charge in [0.05, 0.1) is 26.4 Å². The number of phosphoric ester groups is 2. The highest BCUT2D eigenvalue weighted by Crippen LogP contribution is 2.45. The molecule has 3 unspecified atom stereocenters. The lowest BCUT2D eigenvalue weighted by molar-refractivity contribution is -0.161. The summed E-state index contributed by atoms with van der Waals surface area (Å²) in [6, 6.07) is 0. The van der Waals surface area contributed by atoms with Gasteiger partial charge in [-0.3, -0.25) is 37.3 Å². The van der Waals surface area contributed by atoms with E-state index in [1.54, 1.807) is 0 Å². The summed E-state index contributed by atoms with van der Waals surface area (Å²) in [5, 5.41) is 10.6. The summed E-state index contributed by atoms with van der Waals surface area (Å²) in [4.78, 5) is 72.4. The van der Waals surface area contributed by atoms with Crippen LogP contribution in [0.5, 0.6) is 0 Å². The number of rotatable bonds is 73. The number of unbranched alkanes of at least 4 members (excludes halogenated alkanes) is 42. The molecule has 93 heavy (non-hydrogen) atoms. The summed E-state index contributed by atoms with van der Waals surface area (Å²) < 4.78 is 68.2. The summed E-state index contributed by atoms with van der Waals surface area (Å²) in [5.41, 5.74) is 0. The molecular formula is C74H144O17P2. The van der Waals surface area contributed by atoms with Crippen LogP contribution in [-0.4, -0.2) is 96.7 Å². The van der Waals surface area contributed by atoms with E-state index in [0.717, 1.165) is 108 Å². The van der Waals surface area contributed by atoms with E-state index in [-0.39, 0.29) is 25.7 Å². The fourth-order valence-electron chi connectivity index (χ4n) is 11.3. The van der Waals surface area contributed by atoms with Gasteiger partial charge in [-0.25, -0.2) is 9.13 Å². The summed E-state index contributed by atoms with van der Waals surface area (Å²) in [5.74, 6) is -0.499. The van der Waals surface area contributed by atoms with Gasteiger partial charge in [0, 0.05) is 25.7 Å². The zero-order valence-electron chi connectivity index (χ0n) is 60.6. The molecule has 0 aromatic heterocycles. The number of carbonyl (C=O) groups is 4. The molecule has 0 aromatic carbocycles. The van der Waals surface area contributed by atoms with Crippen LogP contribution in [-0.2, 0) is 65.4 Å². The lowest BCUT2D eigenvalue weighted by atomic mass is 9.99. The maximum Gasteiger partial charge on any atom is 0.472 e. The Kier molecular flexibility index (Phi) is 64.6. The third-order valence-corrected chi connectivity index (χ3v) is 19.5. The first-order chi connectivity index (χ1) is 44.9. The normalized spacial score (nSPS) is 14.3. The van der Waals surface area contributed by atoms with Crippen molar-refractivity contribution in [1.82, 2.24) is 0 Å². The molecule has 0 bridgehead atoms. The van der Waals surface area contributed by atoms with Gasteiger partial charge in [-0.15, -0.1) is 0 Å². The lowest BCUT2D eigenvalue weighted by Gasteiger charge is -2.21. The van der Waals surface area contributed by atoms with Gasteiger partial charge in [0.2, 0.25) is 0 Å². The van der Waals surface area contributed by atoms with E-state index in [1.165, 1.54) is 193 Å². The quantitative estimate of drug-likeness (QED) is 0.0222. The van der Waals surface area contributed by atoms with Gasteiger partial charge in [0.1, 0.15) is 19.3 Å². The predicted molar refractivity (Wildman–Crippen MR) is 377 cm³/mol. The van der Waals surface area contributed by atoms with E-state index in [9.17, 15) is 43.2 Å². The monoisotopic (exact) mass is 1370 g/mol. The van der Waals surface area contributed by atoms with E-state index < -0.39 is 97.5 Å². The molecule has 0 heterocycles. The Morgan fingerprint density at radius 3 is 0.817 bits per heavy atom. The van der Waals surface area contributed by atoms with Crippen molar-refractivity contribution in [1.29, 1.82) is 0 Å². The Labute approximate surface area is 568 Å². The molecule has 0 spiro atoms. The largest absolute Gasteiger partial charge is 0.472 e. The van der Waals surface area contributed by atoms with E-state index >= 15 is 0 Å². The van der Waals surface area contributed by atoms with E-state index in [1.807, 2.05) is 0 Å². The van der Waals surface area contributed by atoms with Gasteiger partial charge >= 0.3 is 39.5 Å². The molecule has 3 N–H and O–H groups in total. The molecule has 0 fully saturated rings. The van der Waals surface area contributed by atoms with Crippen molar-refractivity contribution >= 4 is 39.5 Å². The summed E-state index contributed by atoms with van der Waals surface area (Å²) in [7, 11) is -9.90. The van der Waals surface area contributed by atoms with E-state index in [0.29, 0.717) is 25.7 Å². The Hall–Kier alpha value is -1.94. The zero-order valence-corrected chi connectivity index (χ0v) is 62.3. The number of hydrogen-bond donors (Lipinski definition) is 3. The second-order valence-corrected chi connectivity index (χ2v) is 30.3. The molecule has 0 aromatic rings. The minimum Gasteiger partial charge on any atom is -0.462 e. The fourth-order valence-corrected chi connectivity index (χ4v) is 12.8. The Morgan fingerprint density at radius 2 is 0.548 bits per heavy atom. The first kappa shape index (κ1) is 91.1. The van der Waals surface area contributed by atoms with Crippen LogP contribution < -0.4 is 0 Å². The third-order valence-electron chi connectivity index (χ3n) is 17.6. The van der Waals surface area contributed by atoms with Gasteiger partial charge in [-0.2, -0.15) is 0 Å². The second-order valence-electron chi connectivity index (χ2n) is 27.4. The number of esters is 4. The maximum absolute atomic E-state index is 13.1. The van der Waals surface area contributed by atoms with Crippen molar-refractivity contribution in [3.63, 3.8) is 0 Å². The number of ether oxygens (including phenoxy) is 4.